The predicted octanol–water partition coefficient (Wildman–Crippen LogP) is 3.40. The first-order valence-corrected chi connectivity index (χ1v) is 10.7. The van der Waals surface area contributed by atoms with E-state index in [-0.39, 0.29) is 5.57 Å². The number of carbonyl (C=O) groups is 2. The van der Waals surface area contributed by atoms with E-state index in [1.165, 1.54) is 12.3 Å². The fraction of sp³-hybridized carbons (Fsp3) is 0.231. The predicted molar refractivity (Wildman–Crippen MR) is 126 cm³/mol. The van der Waals surface area contributed by atoms with Crippen molar-refractivity contribution in [2.75, 3.05) is 27.3 Å². The standard InChI is InChI=1S/C26H28N2O5/c1-31-21-9-5-19(6-10-21)13-15-27-25(29)24(18-23-4-3-17-33-23)26(30)28-16-14-20-7-11-22(32-2)12-8-20/h3-12,17-18H,13-16H2,1-2H3,(H,27,29)(H,28,30). The van der Waals surface area contributed by atoms with Crippen LogP contribution in [0.15, 0.2) is 76.9 Å². The van der Waals surface area contributed by atoms with Crippen LogP contribution in [-0.4, -0.2) is 39.1 Å². The average Bonchev–Trinajstić information content (AvgIpc) is 3.36. The fourth-order valence-electron chi connectivity index (χ4n) is 3.17. The number of nitrogens with one attached hydrogen (secondary N) is 2. The summed E-state index contributed by atoms with van der Waals surface area (Å²) in [5.74, 6) is 1.07. The van der Waals surface area contributed by atoms with E-state index in [4.69, 9.17) is 13.9 Å². The van der Waals surface area contributed by atoms with Gasteiger partial charge in [-0.2, -0.15) is 0 Å². The second-order valence-corrected chi connectivity index (χ2v) is 7.28. The number of ether oxygens (including phenoxy) is 2. The maximum absolute atomic E-state index is 12.8. The van der Waals surface area contributed by atoms with Crippen LogP contribution in [0.3, 0.4) is 0 Å². The van der Waals surface area contributed by atoms with Gasteiger partial charge >= 0.3 is 0 Å². The van der Waals surface area contributed by atoms with Gasteiger partial charge in [0.1, 0.15) is 22.8 Å². The van der Waals surface area contributed by atoms with E-state index in [9.17, 15) is 9.59 Å². The Bertz CT molecular complexity index is 988. The summed E-state index contributed by atoms with van der Waals surface area (Å²) in [4.78, 5) is 25.6. The second kappa shape index (κ2) is 12.1. The molecular formula is C26H28N2O5. The molecule has 0 bridgehead atoms. The molecule has 0 saturated carbocycles. The molecule has 7 nitrogen and oxygen atoms in total. The highest BCUT2D eigenvalue weighted by atomic mass is 16.5. The number of furan rings is 1. The van der Waals surface area contributed by atoms with Crippen LogP contribution in [0.2, 0.25) is 0 Å². The van der Waals surface area contributed by atoms with Gasteiger partial charge in [0, 0.05) is 13.1 Å². The Morgan fingerprint density at radius 2 is 1.27 bits per heavy atom. The summed E-state index contributed by atoms with van der Waals surface area (Å²) in [5, 5.41) is 5.64. The molecule has 7 heteroatoms. The van der Waals surface area contributed by atoms with Gasteiger partial charge in [-0.15, -0.1) is 0 Å². The molecule has 1 heterocycles. The maximum Gasteiger partial charge on any atom is 0.257 e. The van der Waals surface area contributed by atoms with Gasteiger partial charge in [0.2, 0.25) is 0 Å². The number of hydrogen-bond acceptors (Lipinski definition) is 5. The van der Waals surface area contributed by atoms with Crippen molar-refractivity contribution in [1.29, 1.82) is 0 Å². The molecule has 0 fully saturated rings. The van der Waals surface area contributed by atoms with Crippen molar-refractivity contribution >= 4 is 17.9 Å². The van der Waals surface area contributed by atoms with E-state index in [0.29, 0.717) is 31.7 Å². The molecular weight excluding hydrogens is 420 g/mol. The molecule has 0 aliphatic heterocycles. The maximum atomic E-state index is 12.8. The lowest BCUT2D eigenvalue weighted by molar-refractivity contribution is -0.123. The number of hydrogen-bond donors (Lipinski definition) is 2. The largest absolute Gasteiger partial charge is 0.497 e. The zero-order chi connectivity index (χ0) is 23.5. The lowest BCUT2D eigenvalue weighted by Gasteiger charge is -2.10. The number of rotatable bonds is 11. The summed E-state index contributed by atoms with van der Waals surface area (Å²) < 4.78 is 15.6. The molecule has 3 rings (SSSR count). The van der Waals surface area contributed by atoms with Crippen LogP contribution in [0.4, 0.5) is 0 Å². The van der Waals surface area contributed by atoms with Gasteiger partial charge in [-0.05, 0) is 66.4 Å². The van der Waals surface area contributed by atoms with E-state index in [2.05, 4.69) is 10.6 Å². The Kier molecular flexibility index (Phi) is 8.71. The molecule has 2 aromatic carbocycles. The minimum Gasteiger partial charge on any atom is -0.497 e. The van der Waals surface area contributed by atoms with Crippen LogP contribution >= 0.6 is 0 Å². The Labute approximate surface area is 193 Å². The van der Waals surface area contributed by atoms with Crippen LogP contribution in [0, 0.1) is 0 Å². The first kappa shape index (κ1) is 23.7. The summed E-state index contributed by atoms with van der Waals surface area (Å²) in [6, 6.07) is 18.6. The summed E-state index contributed by atoms with van der Waals surface area (Å²) in [6.45, 7) is 0.777. The zero-order valence-electron chi connectivity index (χ0n) is 18.8. The van der Waals surface area contributed by atoms with Gasteiger partial charge in [0.05, 0.1) is 20.5 Å². The third-order valence-electron chi connectivity index (χ3n) is 5.04. The van der Waals surface area contributed by atoms with Gasteiger partial charge in [-0.3, -0.25) is 9.59 Å². The SMILES string of the molecule is COc1ccc(CCNC(=O)C(=Cc2ccco2)C(=O)NCCc2ccc(OC)cc2)cc1. The topological polar surface area (TPSA) is 89.8 Å². The Morgan fingerprint density at radius 1 is 0.788 bits per heavy atom. The molecule has 0 radical (unpaired) electrons. The minimum absolute atomic E-state index is 0.00517. The molecule has 0 saturated heterocycles. The van der Waals surface area contributed by atoms with Crippen molar-refractivity contribution in [1.82, 2.24) is 10.6 Å². The van der Waals surface area contributed by atoms with Crippen molar-refractivity contribution in [3.63, 3.8) is 0 Å². The van der Waals surface area contributed by atoms with Gasteiger partial charge < -0.3 is 24.5 Å². The van der Waals surface area contributed by atoms with Crippen LogP contribution in [0.25, 0.3) is 6.08 Å². The molecule has 3 aromatic rings. The molecule has 0 spiro atoms. The van der Waals surface area contributed by atoms with Crippen molar-refractivity contribution in [3.05, 3.63) is 89.4 Å². The van der Waals surface area contributed by atoms with Crippen LogP contribution in [0.5, 0.6) is 11.5 Å². The molecule has 1 aromatic heterocycles. The first-order valence-electron chi connectivity index (χ1n) is 10.7. The zero-order valence-corrected chi connectivity index (χ0v) is 18.8. The van der Waals surface area contributed by atoms with Crippen LogP contribution < -0.4 is 20.1 Å². The van der Waals surface area contributed by atoms with Crippen molar-refractivity contribution in [3.8, 4) is 11.5 Å². The van der Waals surface area contributed by atoms with Crippen LogP contribution in [0.1, 0.15) is 16.9 Å². The van der Waals surface area contributed by atoms with Crippen molar-refractivity contribution in [2.45, 2.75) is 12.8 Å². The first-order chi connectivity index (χ1) is 16.1. The summed E-state index contributed by atoms with van der Waals surface area (Å²) in [6.07, 6.45) is 4.20. The molecule has 0 atom stereocenters. The normalized spacial score (nSPS) is 10.2. The summed E-state index contributed by atoms with van der Waals surface area (Å²) in [7, 11) is 3.23. The molecule has 33 heavy (non-hydrogen) atoms. The Morgan fingerprint density at radius 3 is 1.67 bits per heavy atom. The van der Waals surface area contributed by atoms with Gasteiger partial charge in [0.15, 0.2) is 0 Å². The minimum atomic E-state index is -0.457. The van der Waals surface area contributed by atoms with Gasteiger partial charge in [-0.1, -0.05) is 24.3 Å². The van der Waals surface area contributed by atoms with Gasteiger partial charge in [0.25, 0.3) is 11.8 Å². The summed E-state index contributed by atoms with van der Waals surface area (Å²) >= 11 is 0. The second-order valence-electron chi connectivity index (χ2n) is 7.28. The molecule has 0 aliphatic rings. The molecule has 0 unspecified atom stereocenters. The average molecular weight is 449 g/mol. The number of methoxy groups -OCH3 is 2. The van der Waals surface area contributed by atoms with E-state index in [1.807, 2.05) is 48.5 Å². The van der Waals surface area contributed by atoms with E-state index < -0.39 is 11.8 Å². The number of benzene rings is 2. The quantitative estimate of drug-likeness (QED) is 0.267. The lowest BCUT2D eigenvalue weighted by atomic mass is 10.1. The molecule has 2 amide bonds. The number of amides is 2. The molecule has 172 valence electrons. The van der Waals surface area contributed by atoms with Crippen LogP contribution in [-0.2, 0) is 22.4 Å². The Hall–Kier alpha value is -4.00. The smallest absolute Gasteiger partial charge is 0.257 e. The third-order valence-corrected chi connectivity index (χ3v) is 5.04. The summed E-state index contributed by atoms with van der Waals surface area (Å²) in [5.41, 5.74) is 2.10. The Balaban J connectivity index is 1.57. The van der Waals surface area contributed by atoms with E-state index >= 15 is 0 Å². The third kappa shape index (κ3) is 7.28. The molecule has 2 N–H and O–H groups in total. The lowest BCUT2D eigenvalue weighted by Crippen LogP contribution is -2.36. The van der Waals surface area contributed by atoms with Crippen molar-refractivity contribution in [2.24, 2.45) is 0 Å². The highest BCUT2D eigenvalue weighted by molar-refractivity contribution is 6.21. The monoisotopic (exact) mass is 448 g/mol. The highest BCUT2D eigenvalue weighted by Gasteiger charge is 2.18. The van der Waals surface area contributed by atoms with Gasteiger partial charge in [-0.25, -0.2) is 0 Å². The number of carbonyl (C=O) groups excluding carboxylic acids is 2. The highest BCUT2D eigenvalue weighted by Crippen LogP contribution is 2.13. The van der Waals surface area contributed by atoms with E-state index in [0.717, 1.165) is 22.6 Å². The fourth-order valence-corrected chi connectivity index (χ4v) is 3.17. The molecule has 0 aliphatic carbocycles. The van der Waals surface area contributed by atoms with Crippen molar-refractivity contribution < 1.29 is 23.5 Å². The van der Waals surface area contributed by atoms with E-state index in [1.54, 1.807) is 26.4 Å².